The summed E-state index contributed by atoms with van der Waals surface area (Å²) in [5.41, 5.74) is 0.753. The molecule has 4 N–H and O–H groups in total. The lowest BCUT2D eigenvalue weighted by Crippen LogP contribution is -2.55. The fourth-order valence-corrected chi connectivity index (χ4v) is 5.03. The number of phenols is 2. The molecule has 3 aromatic carbocycles. The first-order chi connectivity index (χ1) is 21.7. The number of phenolic OH excluding ortho intramolecular Hbond substituents is 2. The molecule has 0 fully saturated rings. The first-order valence-electron chi connectivity index (χ1n) is 15.5. The van der Waals surface area contributed by atoms with E-state index in [0.29, 0.717) is 34.9 Å². The molecule has 3 aromatic rings. The minimum atomic E-state index is -1.17. The van der Waals surface area contributed by atoms with Crippen LogP contribution in [-0.2, 0) is 20.7 Å². The van der Waals surface area contributed by atoms with Crippen molar-refractivity contribution in [3.05, 3.63) is 83.9 Å². The predicted octanol–water partition coefficient (Wildman–Crippen LogP) is 6.58. The summed E-state index contributed by atoms with van der Waals surface area (Å²) in [5, 5.41) is 25.9. The second kappa shape index (κ2) is 16.0. The van der Waals surface area contributed by atoms with Gasteiger partial charge in [0.1, 0.15) is 34.9 Å². The average Bonchev–Trinajstić information content (AvgIpc) is 2.98. The van der Waals surface area contributed by atoms with Crippen LogP contribution >= 0.6 is 0 Å². The van der Waals surface area contributed by atoms with E-state index >= 15 is 0 Å². The average molecular weight is 634 g/mol. The van der Waals surface area contributed by atoms with Crippen LogP contribution in [0, 0.1) is 5.92 Å². The van der Waals surface area contributed by atoms with Crippen LogP contribution in [-0.4, -0.2) is 57.8 Å². The van der Waals surface area contributed by atoms with Crippen molar-refractivity contribution in [3.8, 4) is 17.2 Å². The number of carbonyl (C=O) groups is 3. The summed E-state index contributed by atoms with van der Waals surface area (Å²) < 4.78 is 10.8. The zero-order valence-corrected chi connectivity index (χ0v) is 27.7. The van der Waals surface area contributed by atoms with Gasteiger partial charge in [0.05, 0.1) is 7.11 Å². The van der Waals surface area contributed by atoms with Crippen LogP contribution in [0.2, 0.25) is 0 Å². The number of aromatic hydroxyl groups is 2. The van der Waals surface area contributed by atoms with Crippen LogP contribution < -0.4 is 15.4 Å². The minimum absolute atomic E-state index is 0.0606. The molecule has 10 nitrogen and oxygen atoms in total. The van der Waals surface area contributed by atoms with Crippen molar-refractivity contribution in [1.82, 2.24) is 10.2 Å². The van der Waals surface area contributed by atoms with Crippen LogP contribution in [0.4, 0.5) is 10.5 Å². The van der Waals surface area contributed by atoms with Crippen LogP contribution in [0.1, 0.15) is 71.6 Å². The van der Waals surface area contributed by atoms with Crippen molar-refractivity contribution >= 4 is 23.6 Å². The zero-order valence-electron chi connectivity index (χ0n) is 27.7. The molecule has 0 saturated carbocycles. The van der Waals surface area contributed by atoms with Gasteiger partial charge in [0.15, 0.2) is 0 Å². The van der Waals surface area contributed by atoms with E-state index in [2.05, 4.69) is 24.5 Å². The van der Waals surface area contributed by atoms with E-state index in [4.69, 9.17) is 9.47 Å². The number of rotatable bonds is 13. The van der Waals surface area contributed by atoms with Gasteiger partial charge in [-0.3, -0.25) is 9.59 Å². The highest BCUT2D eigenvalue weighted by molar-refractivity contribution is 5.99. The summed E-state index contributed by atoms with van der Waals surface area (Å²) in [7, 11) is 1.55. The second-order valence-electron chi connectivity index (χ2n) is 12.9. The Kier molecular flexibility index (Phi) is 12.4. The molecule has 3 rings (SSSR count). The molecule has 0 aliphatic carbocycles. The van der Waals surface area contributed by atoms with Gasteiger partial charge in [-0.05, 0) is 106 Å². The van der Waals surface area contributed by atoms with Crippen molar-refractivity contribution in [2.75, 3.05) is 12.4 Å². The molecular weight excluding hydrogens is 586 g/mol. The molecule has 0 aromatic heterocycles. The molecule has 3 amide bonds. The quantitative estimate of drug-likeness (QED) is 0.167. The molecule has 0 aliphatic heterocycles. The highest BCUT2D eigenvalue weighted by atomic mass is 16.6. The van der Waals surface area contributed by atoms with Gasteiger partial charge in [-0.1, -0.05) is 38.1 Å². The van der Waals surface area contributed by atoms with E-state index < -0.39 is 41.6 Å². The Morgan fingerprint density at radius 3 is 2.09 bits per heavy atom. The van der Waals surface area contributed by atoms with Gasteiger partial charge >= 0.3 is 6.09 Å². The largest absolute Gasteiger partial charge is 0.508 e. The van der Waals surface area contributed by atoms with Crippen LogP contribution in [0.3, 0.4) is 0 Å². The maximum absolute atomic E-state index is 14.8. The molecule has 0 spiro atoms. The van der Waals surface area contributed by atoms with Crippen molar-refractivity contribution < 1.29 is 34.1 Å². The van der Waals surface area contributed by atoms with Gasteiger partial charge in [-0.2, -0.15) is 0 Å². The number of carbonyl (C=O) groups excluding carboxylic acids is 3. The number of alkyl carbamates (subject to hydrolysis) is 1. The van der Waals surface area contributed by atoms with E-state index in [1.807, 2.05) is 6.92 Å². The molecule has 248 valence electrons. The van der Waals surface area contributed by atoms with E-state index in [1.54, 1.807) is 76.4 Å². The van der Waals surface area contributed by atoms with Gasteiger partial charge in [0.2, 0.25) is 5.91 Å². The number of benzene rings is 3. The Morgan fingerprint density at radius 1 is 0.870 bits per heavy atom. The fourth-order valence-electron chi connectivity index (χ4n) is 5.03. The number of nitrogens with zero attached hydrogens (tertiary/aromatic N) is 1. The lowest BCUT2D eigenvalue weighted by Gasteiger charge is -2.39. The number of nitrogens with one attached hydrogen (secondary N) is 2. The lowest BCUT2D eigenvalue weighted by molar-refractivity contribution is -0.143. The molecule has 0 radical (unpaired) electrons. The molecule has 46 heavy (non-hydrogen) atoms. The summed E-state index contributed by atoms with van der Waals surface area (Å²) in [4.78, 5) is 43.6. The van der Waals surface area contributed by atoms with Crippen LogP contribution in [0.15, 0.2) is 72.8 Å². The van der Waals surface area contributed by atoms with Crippen molar-refractivity contribution in [2.45, 2.75) is 84.5 Å². The summed E-state index contributed by atoms with van der Waals surface area (Å²) in [5.74, 6) is -0.0507. The number of hydrogen-bond donors (Lipinski definition) is 4. The number of methoxy groups -OCH3 is 1. The van der Waals surface area contributed by atoms with Gasteiger partial charge < -0.3 is 35.2 Å². The molecule has 0 bridgehead atoms. The highest BCUT2D eigenvalue weighted by Crippen LogP contribution is 2.31. The van der Waals surface area contributed by atoms with Gasteiger partial charge in [-0.25, -0.2) is 4.79 Å². The van der Waals surface area contributed by atoms with E-state index in [0.717, 1.165) is 6.42 Å². The summed E-state index contributed by atoms with van der Waals surface area (Å²) in [6, 6.07) is 16.7. The molecule has 3 unspecified atom stereocenters. The second-order valence-corrected chi connectivity index (χ2v) is 12.9. The summed E-state index contributed by atoms with van der Waals surface area (Å²) in [6.07, 6.45) is 0.641. The monoisotopic (exact) mass is 633 g/mol. The van der Waals surface area contributed by atoms with Gasteiger partial charge in [0, 0.05) is 18.2 Å². The number of amides is 3. The topological polar surface area (TPSA) is 137 Å². The Bertz CT molecular complexity index is 1450. The molecule has 0 aliphatic rings. The molecular formula is C36H47N3O7. The maximum Gasteiger partial charge on any atom is 0.408 e. The third-order valence-electron chi connectivity index (χ3n) is 7.33. The molecule has 0 heterocycles. The molecule has 10 heteroatoms. The Labute approximate surface area is 271 Å². The van der Waals surface area contributed by atoms with Crippen LogP contribution in [0.25, 0.3) is 0 Å². The molecule has 3 atom stereocenters. The number of hydrogen-bond acceptors (Lipinski definition) is 7. The summed E-state index contributed by atoms with van der Waals surface area (Å²) >= 11 is 0. The smallest absolute Gasteiger partial charge is 0.408 e. The van der Waals surface area contributed by atoms with Crippen LogP contribution in [0.5, 0.6) is 17.2 Å². The SMILES string of the molecule is COc1ccc(NC(=O)C(c2cccc(O)c2)N(C(=O)C(Cc2ccc(O)cc2)NC(=O)OC(C)(C)C)C(C)CCC(C)C)cc1. The number of anilines is 1. The standard InChI is InChI=1S/C36H47N3O7/c1-23(2)11-12-24(3)39(34(43)31(38-35(44)46-36(4,5)6)21-25-13-17-28(40)18-14-25)32(26-9-8-10-29(41)22-26)33(42)37-27-15-19-30(45-7)20-16-27/h8-10,13-20,22-24,31-32,40-41H,11-12,21H2,1-7H3,(H,37,42)(H,38,44). The van der Waals surface area contributed by atoms with Gasteiger partial charge in [-0.15, -0.1) is 0 Å². The van der Waals surface area contributed by atoms with E-state index in [1.165, 1.54) is 29.2 Å². The normalized spacial score (nSPS) is 13.3. The third kappa shape index (κ3) is 10.7. The number of ether oxygens (including phenoxy) is 2. The first-order valence-corrected chi connectivity index (χ1v) is 15.5. The Morgan fingerprint density at radius 2 is 1.52 bits per heavy atom. The minimum Gasteiger partial charge on any atom is -0.508 e. The lowest BCUT2D eigenvalue weighted by atomic mass is 9.95. The van der Waals surface area contributed by atoms with Crippen molar-refractivity contribution in [1.29, 1.82) is 0 Å². The highest BCUT2D eigenvalue weighted by Gasteiger charge is 2.39. The predicted molar refractivity (Wildman–Crippen MR) is 178 cm³/mol. The maximum atomic E-state index is 14.8. The zero-order chi connectivity index (χ0) is 34.0. The molecule has 0 saturated heterocycles. The first kappa shape index (κ1) is 35.7. The van der Waals surface area contributed by atoms with E-state index in [9.17, 15) is 24.6 Å². The fraction of sp³-hybridized carbons (Fsp3) is 0.417. The summed E-state index contributed by atoms with van der Waals surface area (Å²) in [6.45, 7) is 11.2. The van der Waals surface area contributed by atoms with Crippen molar-refractivity contribution in [2.24, 2.45) is 5.92 Å². The van der Waals surface area contributed by atoms with E-state index in [-0.39, 0.29) is 17.9 Å². The van der Waals surface area contributed by atoms with Crippen molar-refractivity contribution in [3.63, 3.8) is 0 Å². The third-order valence-corrected chi connectivity index (χ3v) is 7.33. The Hall–Kier alpha value is -4.73. The Balaban J connectivity index is 2.13. The van der Waals surface area contributed by atoms with Gasteiger partial charge in [0.25, 0.3) is 5.91 Å².